The quantitative estimate of drug-likeness (QED) is 0.810. The lowest BCUT2D eigenvalue weighted by molar-refractivity contribution is -0.116. The van der Waals surface area contributed by atoms with Crippen molar-refractivity contribution in [3.63, 3.8) is 0 Å². The standard InChI is InChI=1S/C13H16F2O2/c1-8-5-10(7-9(2)16)12(17-4)11(6-8)13(3,14)15/h5-6H,7H2,1-4H3. The molecule has 0 amide bonds. The Hall–Kier alpha value is -1.45. The van der Waals surface area contributed by atoms with Gasteiger partial charge in [-0.15, -0.1) is 0 Å². The number of methoxy groups -OCH3 is 1. The molecule has 0 unspecified atom stereocenters. The van der Waals surface area contributed by atoms with Gasteiger partial charge >= 0.3 is 0 Å². The number of hydrogen-bond donors (Lipinski definition) is 0. The molecule has 2 nitrogen and oxygen atoms in total. The van der Waals surface area contributed by atoms with Gasteiger partial charge in [-0.3, -0.25) is 4.79 Å². The zero-order valence-corrected chi connectivity index (χ0v) is 10.4. The molecule has 1 aromatic carbocycles. The summed E-state index contributed by atoms with van der Waals surface area (Å²) in [7, 11) is 1.34. The SMILES string of the molecule is COc1c(CC(C)=O)cc(C)cc1C(C)(F)F. The van der Waals surface area contributed by atoms with Gasteiger partial charge in [0.05, 0.1) is 12.7 Å². The predicted octanol–water partition coefficient (Wildman–Crippen LogP) is 3.25. The molecule has 0 atom stereocenters. The summed E-state index contributed by atoms with van der Waals surface area (Å²) in [5.41, 5.74) is 1.03. The van der Waals surface area contributed by atoms with Gasteiger partial charge in [-0.2, -0.15) is 0 Å². The van der Waals surface area contributed by atoms with Gasteiger partial charge in [0.25, 0.3) is 5.92 Å². The van der Waals surface area contributed by atoms with Crippen LogP contribution in [0.1, 0.15) is 30.5 Å². The molecule has 0 saturated heterocycles. The van der Waals surface area contributed by atoms with Gasteiger partial charge in [-0.05, 0) is 19.9 Å². The topological polar surface area (TPSA) is 26.3 Å². The van der Waals surface area contributed by atoms with Crippen molar-refractivity contribution in [2.75, 3.05) is 7.11 Å². The van der Waals surface area contributed by atoms with E-state index in [1.54, 1.807) is 13.0 Å². The molecule has 0 aromatic heterocycles. The van der Waals surface area contributed by atoms with E-state index in [0.29, 0.717) is 11.1 Å². The molecule has 0 spiro atoms. The molecule has 94 valence electrons. The van der Waals surface area contributed by atoms with E-state index in [4.69, 9.17) is 4.74 Å². The van der Waals surface area contributed by atoms with E-state index in [-0.39, 0.29) is 23.5 Å². The highest BCUT2D eigenvalue weighted by Gasteiger charge is 2.30. The fourth-order valence-corrected chi connectivity index (χ4v) is 1.81. The van der Waals surface area contributed by atoms with Crippen LogP contribution in [0.5, 0.6) is 5.75 Å². The average Bonchev–Trinajstić information content (AvgIpc) is 2.14. The van der Waals surface area contributed by atoms with Gasteiger partial charge in [0.15, 0.2) is 0 Å². The van der Waals surface area contributed by atoms with Crippen LogP contribution in [-0.4, -0.2) is 12.9 Å². The normalized spacial score (nSPS) is 11.4. The number of Topliss-reactive ketones (excluding diaryl/α,β-unsaturated/α-hetero) is 1. The first kappa shape index (κ1) is 13.6. The molecule has 0 radical (unpaired) electrons. The molecular weight excluding hydrogens is 226 g/mol. The van der Waals surface area contributed by atoms with E-state index >= 15 is 0 Å². The fraction of sp³-hybridized carbons (Fsp3) is 0.462. The highest BCUT2D eigenvalue weighted by atomic mass is 19.3. The second kappa shape index (κ2) is 4.82. The van der Waals surface area contributed by atoms with E-state index in [2.05, 4.69) is 0 Å². The third-order valence-electron chi connectivity index (χ3n) is 2.43. The summed E-state index contributed by atoms with van der Waals surface area (Å²) in [6.45, 7) is 3.96. The first-order chi connectivity index (χ1) is 7.75. The Morgan fingerprint density at radius 2 is 2.00 bits per heavy atom. The summed E-state index contributed by atoms with van der Waals surface area (Å²) in [4.78, 5) is 11.1. The summed E-state index contributed by atoms with van der Waals surface area (Å²) in [6, 6.07) is 3.10. The number of carbonyl (C=O) groups excluding carboxylic acids is 1. The van der Waals surface area contributed by atoms with Crippen molar-refractivity contribution < 1.29 is 18.3 Å². The highest BCUT2D eigenvalue weighted by Crippen LogP contribution is 2.37. The highest BCUT2D eigenvalue weighted by molar-refractivity contribution is 5.79. The number of ether oxygens (including phenoxy) is 1. The molecule has 1 aromatic rings. The van der Waals surface area contributed by atoms with Crippen molar-refractivity contribution in [3.05, 3.63) is 28.8 Å². The summed E-state index contributed by atoms with van der Waals surface area (Å²) in [5, 5.41) is 0. The molecule has 0 N–H and O–H groups in total. The molecular formula is C13H16F2O2. The average molecular weight is 242 g/mol. The molecule has 0 saturated carbocycles. The number of carbonyl (C=O) groups is 1. The summed E-state index contributed by atoms with van der Waals surface area (Å²) >= 11 is 0. The minimum Gasteiger partial charge on any atom is -0.496 e. The zero-order valence-electron chi connectivity index (χ0n) is 10.4. The van der Waals surface area contributed by atoms with Crippen LogP contribution in [0.15, 0.2) is 12.1 Å². The predicted molar refractivity (Wildman–Crippen MR) is 61.7 cm³/mol. The van der Waals surface area contributed by atoms with Crippen LogP contribution < -0.4 is 4.74 Å². The van der Waals surface area contributed by atoms with Crippen molar-refractivity contribution in [3.8, 4) is 5.75 Å². The molecule has 0 aliphatic rings. The van der Waals surface area contributed by atoms with Crippen LogP contribution in [0, 0.1) is 6.92 Å². The summed E-state index contributed by atoms with van der Waals surface area (Å²) in [6.07, 6.45) is 0.105. The smallest absolute Gasteiger partial charge is 0.274 e. The number of alkyl halides is 2. The summed E-state index contributed by atoms with van der Waals surface area (Å²) in [5.74, 6) is -2.96. The minimum absolute atomic E-state index is 0.0840. The Kier molecular flexibility index (Phi) is 3.86. The van der Waals surface area contributed by atoms with Gasteiger partial charge < -0.3 is 4.74 Å². The number of ketones is 1. The molecule has 1 rings (SSSR count). The molecule has 17 heavy (non-hydrogen) atoms. The second-order valence-electron chi connectivity index (χ2n) is 4.27. The van der Waals surface area contributed by atoms with E-state index in [1.165, 1.54) is 20.1 Å². The number of halogens is 2. The first-order valence-electron chi connectivity index (χ1n) is 5.31. The van der Waals surface area contributed by atoms with Crippen LogP contribution >= 0.6 is 0 Å². The van der Waals surface area contributed by atoms with Crippen molar-refractivity contribution in [2.45, 2.75) is 33.1 Å². The van der Waals surface area contributed by atoms with Gasteiger partial charge in [0, 0.05) is 18.9 Å². The molecule has 0 bridgehead atoms. The van der Waals surface area contributed by atoms with Crippen LogP contribution in [0.2, 0.25) is 0 Å². The van der Waals surface area contributed by atoms with E-state index < -0.39 is 5.92 Å². The molecule has 4 heteroatoms. The van der Waals surface area contributed by atoms with Crippen molar-refractivity contribution in [1.29, 1.82) is 0 Å². The van der Waals surface area contributed by atoms with E-state index in [1.807, 2.05) is 0 Å². The Morgan fingerprint density at radius 3 is 2.41 bits per heavy atom. The number of rotatable bonds is 4. The number of hydrogen-bond acceptors (Lipinski definition) is 2. The Morgan fingerprint density at radius 1 is 1.41 bits per heavy atom. The first-order valence-corrected chi connectivity index (χ1v) is 5.31. The fourth-order valence-electron chi connectivity index (χ4n) is 1.81. The zero-order chi connectivity index (χ0) is 13.2. The van der Waals surface area contributed by atoms with Crippen LogP contribution in [0.4, 0.5) is 8.78 Å². The van der Waals surface area contributed by atoms with Crippen molar-refractivity contribution >= 4 is 5.78 Å². The van der Waals surface area contributed by atoms with E-state index in [9.17, 15) is 13.6 Å². The Balaban J connectivity index is 3.40. The lowest BCUT2D eigenvalue weighted by Gasteiger charge is -2.18. The molecule has 0 aliphatic heterocycles. The molecule has 0 heterocycles. The lowest BCUT2D eigenvalue weighted by atomic mass is 9.98. The van der Waals surface area contributed by atoms with Gasteiger partial charge in [0.1, 0.15) is 11.5 Å². The van der Waals surface area contributed by atoms with Gasteiger partial charge in [0.2, 0.25) is 0 Å². The minimum atomic E-state index is -2.98. The molecule has 0 fully saturated rings. The number of benzene rings is 1. The maximum atomic E-state index is 13.4. The van der Waals surface area contributed by atoms with Gasteiger partial charge in [-0.1, -0.05) is 11.6 Å². The third-order valence-corrected chi connectivity index (χ3v) is 2.43. The summed E-state index contributed by atoms with van der Waals surface area (Å²) < 4.78 is 31.9. The largest absolute Gasteiger partial charge is 0.496 e. The van der Waals surface area contributed by atoms with Crippen LogP contribution in [0.25, 0.3) is 0 Å². The van der Waals surface area contributed by atoms with Crippen molar-refractivity contribution in [2.24, 2.45) is 0 Å². The lowest BCUT2D eigenvalue weighted by Crippen LogP contribution is -2.12. The Bertz CT molecular complexity index is 434. The van der Waals surface area contributed by atoms with Crippen LogP contribution in [0.3, 0.4) is 0 Å². The Labute approximate surface area is 99.6 Å². The molecule has 0 aliphatic carbocycles. The number of aryl methyl sites for hydroxylation is 1. The monoisotopic (exact) mass is 242 g/mol. The van der Waals surface area contributed by atoms with Crippen LogP contribution in [-0.2, 0) is 17.1 Å². The van der Waals surface area contributed by atoms with Crippen molar-refractivity contribution in [1.82, 2.24) is 0 Å². The van der Waals surface area contributed by atoms with E-state index in [0.717, 1.165) is 6.92 Å². The second-order valence-corrected chi connectivity index (χ2v) is 4.27. The maximum Gasteiger partial charge on any atom is 0.274 e. The maximum absolute atomic E-state index is 13.4. The van der Waals surface area contributed by atoms with Gasteiger partial charge in [-0.25, -0.2) is 8.78 Å². The third kappa shape index (κ3) is 3.25.